The maximum Gasteiger partial charge on any atom is 0.224 e. The Bertz CT molecular complexity index is 2290. The molecule has 4 rings (SSSR count). The number of hydrogen-bond donors (Lipinski definition) is 6. The molecule has 0 atom stereocenters. The van der Waals surface area contributed by atoms with Gasteiger partial charge >= 0.3 is 0 Å². The Kier molecular flexibility index (Phi) is 14.9. The van der Waals surface area contributed by atoms with Crippen LogP contribution in [-0.2, 0) is 61.3 Å². The maximum atomic E-state index is 13.7. The number of phenols is 4. The molecule has 2 amide bonds. The van der Waals surface area contributed by atoms with E-state index in [9.17, 15) is 30.0 Å². The van der Waals surface area contributed by atoms with Crippen molar-refractivity contribution in [3.63, 3.8) is 0 Å². The molecule has 8 nitrogen and oxygen atoms in total. The van der Waals surface area contributed by atoms with Crippen LogP contribution in [0.3, 0.4) is 0 Å². The largest absolute Gasteiger partial charge is 0.507 e. The molecule has 0 radical (unpaired) electrons. The first-order chi connectivity index (χ1) is 29.0. The molecule has 0 aromatic heterocycles. The van der Waals surface area contributed by atoms with Gasteiger partial charge in [-0.15, -0.1) is 0 Å². The van der Waals surface area contributed by atoms with Gasteiger partial charge in [0, 0.05) is 52.9 Å². The summed E-state index contributed by atoms with van der Waals surface area (Å²) < 4.78 is 0. The van der Waals surface area contributed by atoms with E-state index in [1.165, 1.54) is 0 Å². The van der Waals surface area contributed by atoms with Crippen LogP contribution < -0.4 is 10.6 Å². The standard InChI is InChI=1S/C56H80N2O6/c1-51(2,3)39-24-33(25-40(49(39)63)52(4,5)6)20-19-21-45(59)57-37-29-35(47(61)43(31-37)55(13,14)15)28-36-30-38(32-44(48(36)62)56(16,17)18)58-46(60)23-22-34-26-41(53(7,8)9)50(64)42(27-34)54(10,11)12/h24-27,29-32,61-64H,19-23,28H2,1-18H3,(H,57,59)(H,58,60). The summed E-state index contributed by atoms with van der Waals surface area (Å²) >= 11 is 0. The molecule has 0 aliphatic heterocycles. The van der Waals surface area contributed by atoms with E-state index in [1.54, 1.807) is 12.1 Å². The molecule has 0 aliphatic rings. The van der Waals surface area contributed by atoms with E-state index in [0.29, 0.717) is 64.4 Å². The topological polar surface area (TPSA) is 139 Å². The van der Waals surface area contributed by atoms with Crippen molar-refractivity contribution < 1.29 is 30.0 Å². The van der Waals surface area contributed by atoms with E-state index in [2.05, 4.69) is 106 Å². The fourth-order valence-electron chi connectivity index (χ4n) is 8.27. The highest BCUT2D eigenvalue weighted by Crippen LogP contribution is 2.44. The lowest BCUT2D eigenvalue weighted by molar-refractivity contribution is -0.117. The Balaban J connectivity index is 1.61. The summed E-state index contributed by atoms with van der Waals surface area (Å²) in [4.78, 5) is 27.2. The van der Waals surface area contributed by atoms with Crippen molar-refractivity contribution in [1.82, 2.24) is 0 Å². The van der Waals surface area contributed by atoms with E-state index in [0.717, 1.165) is 33.4 Å². The fourth-order valence-corrected chi connectivity index (χ4v) is 8.27. The number of rotatable bonds is 11. The van der Waals surface area contributed by atoms with Crippen molar-refractivity contribution in [1.29, 1.82) is 0 Å². The van der Waals surface area contributed by atoms with Crippen molar-refractivity contribution in [2.75, 3.05) is 10.6 Å². The first-order valence-electron chi connectivity index (χ1n) is 23.0. The molecule has 0 aliphatic carbocycles. The molecule has 0 bridgehead atoms. The average Bonchev–Trinajstić information content (AvgIpc) is 3.11. The summed E-state index contributed by atoms with van der Waals surface area (Å²) in [5.74, 6) is 0.484. The number of aromatic hydroxyl groups is 4. The number of benzene rings is 4. The molecule has 0 saturated carbocycles. The summed E-state index contributed by atoms with van der Waals surface area (Å²) in [5.41, 5.74) is 7.01. The van der Waals surface area contributed by atoms with Crippen LogP contribution in [0.1, 0.15) is 200 Å². The van der Waals surface area contributed by atoms with E-state index in [-0.39, 0.29) is 64.2 Å². The number of carbonyl (C=O) groups excluding carboxylic acids is 2. The number of hydrogen-bond acceptors (Lipinski definition) is 6. The molecule has 8 heteroatoms. The Morgan fingerprint density at radius 1 is 0.391 bits per heavy atom. The van der Waals surface area contributed by atoms with Crippen LogP contribution in [0.2, 0.25) is 0 Å². The number of amides is 2. The molecular weight excluding hydrogens is 797 g/mol. The first-order valence-corrected chi connectivity index (χ1v) is 23.0. The van der Waals surface area contributed by atoms with Crippen LogP contribution >= 0.6 is 0 Å². The van der Waals surface area contributed by atoms with Crippen molar-refractivity contribution in [2.24, 2.45) is 0 Å². The Hall–Kier alpha value is -4.98. The summed E-state index contributed by atoms with van der Waals surface area (Å²) in [6.07, 6.45) is 2.38. The lowest BCUT2D eigenvalue weighted by Gasteiger charge is -2.28. The molecular formula is C56H80N2O6. The van der Waals surface area contributed by atoms with Crippen LogP contribution in [0.4, 0.5) is 11.4 Å². The minimum Gasteiger partial charge on any atom is -0.507 e. The molecule has 0 unspecified atom stereocenters. The Morgan fingerprint density at radius 2 is 0.672 bits per heavy atom. The highest BCUT2D eigenvalue weighted by Gasteiger charge is 2.30. The second-order valence-electron chi connectivity index (χ2n) is 24.3. The summed E-state index contributed by atoms with van der Waals surface area (Å²) in [6.45, 7) is 37.0. The van der Waals surface area contributed by atoms with Gasteiger partial charge in [0.15, 0.2) is 0 Å². The third kappa shape index (κ3) is 12.8. The molecule has 0 spiro atoms. The minimum atomic E-state index is -0.477. The zero-order valence-corrected chi connectivity index (χ0v) is 42.5. The molecule has 350 valence electrons. The second-order valence-corrected chi connectivity index (χ2v) is 24.3. The van der Waals surface area contributed by atoms with E-state index < -0.39 is 10.8 Å². The van der Waals surface area contributed by atoms with Crippen LogP contribution in [0, 0.1) is 0 Å². The number of carbonyl (C=O) groups is 2. The normalized spacial score (nSPS) is 13.0. The number of nitrogens with one attached hydrogen (secondary N) is 2. The predicted molar refractivity (Wildman–Crippen MR) is 266 cm³/mol. The summed E-state index contributed by atoms with van der Waals surface area (Å²) in [6, 6.07) is 15.3. The maximum absolute atomic E-state index is 13.7. The molecule has 0 saturated heterocycles. The summed E-state index contributed by atoms with van der Waals surface area (Å²) in [7, 11) is 0. The third-order valence-electron chi connectivity index (χ3n) is 12.0. The number of phenolic OH excluding ortho intramolecular Hbond substituents is 4. The second kappa shape index (κ2) is 18.5. The van der Waals surface area contributed by atoms with Gasteiger partial charge in [-0.05, 0) is 109 Å². The third-order valence-corrected chi connectivity index (χ3v) is 12.0. The van der Waals surface area contributed by atoms with Crippen molar-refractivity contribution >= 4 is 23.2 Å². The lowest BCUT2D eigenvalue weighted by Crippen LogP contribution is -2.19. The molecule has 6 N–H and O–H groups in total. The zero-order chi connectivity index (χ0) is 48.7. The average molecular weight is 877 g/mol. The van der Waals surface area contributed by atoms with Gasteiger partial charge in [-0.25, -0.2) is 0 Å². The molecule has 0 fully saturated rings. The van der Waals surface area contributed by atoms with Crippen molar-refractivity contribution in [2.45, 2.75) is 196 Å². The molecule has 0 heterocycles. The van der Waals surface area contributed by atoms with Gasteiger partial charge in [0.1, 0.15) is 23.0 Å². The van der Waals surface area contributed by atoms with Gasteiger partial charge in [0.25, 0.3) is 0 Å². The van der Waals surface area contributed by atoms with Gasteiger partial charge in [0.2, 0.25) is 11.8 Å². The molecule has 4 aromatic rings. The number of anilines is 2. The highest BCUT2D eigenvalue weighted by molar-refractivity contribution is 5.92. The zero-order valence-electron chi connectivity index (χ0n) is 42.5. The van der Waals surface area contributed by atoms with Gasteiger partial charge in [0.05, 0.1) is 0 Å². The van der Waals surface area contributed by atoms with E-state index >= 15 is 0 Å². The first kappa shape index (κ1) is 51.7. The Labute approximate surface area is 385 Å². The van der Waals surface area contributed by atoms with Crippen LogP contribution in [-0.4, -0.2) is 32.2 Å². The predicted octanol–water partition coefficient (Wildman–Crippen LogP) is 13.4. The molecule has 64 heavy (non-hydrogen) atoms. The van der Waals surface area contributed by atoms with E-state index in [1.807, 2.05) is 65.8 Å². The Morgan fingerprint density at radius 3 is 0.984 bits per heavy atom. The van der Waals surface area contributed by atoms with Crippen molar-refractivity contribution in [3.8, 4) is 23.0 Å². The van der Waals surface area contributed by atoms with Gasteiger partial charge in [-0.2, -0.15) is 0 Å². The van der Waals surface area contributed by atoms with Gasteiger partial charge in [-0.1, -0.05) is 149 Å². The van der Waals surface area contributed by atoms with Crippen LogP contribution in [0.25, 0.3) is 0 Å². The summed E-state index contributed by atoms with van der Waals surface area (Å²) in [5, 5.41) is 52.1. The smallest absolute Gasteiger partial charge is 0.224 e. The fraction of sp³-hybridized carbons (Fsp3) is 0.536. The van der Waals surface area contributed by atoms with Crippen LogP contribution in [0.15, 0.2) is 48.5 Å². The molecule has 4 aromatic carbocycles. The highest BCUT2D eigenvalue weighted by atomic mass is 16.3. The van der Waals surface area contributed by atoms with E-state index in [4.69, 9.17) is 0 Å². The monoisotopic (exact) mass is 877 g/mol. The van der Waals surface area contributed by atoms with Gasteiger partial charge in [-0.3, -0.25) is 9.59 Å². The quantitative estimate of drug-likeness (QED) is 0.0830. The SMILES string of the molecule is CC(C)(C)c1cc(NC(=O)CCCc2cc(C(C)(C)C)c(O)c(C(C)(C)C)c2)cc(Cc2cc(NC(=O)CCc3cc(C(C)(C)C)c(O)c(C(C)(C)C)c3)cc(C(C)(C)C)c2O)c1O. The number of aryl methyl sites for hydroxylation is 2. The lowest BCUT2D eigenvalue weighted by atomic mass is 9.78. The minimum absolute atomic E-state index is 0.0867. The van der Waals surface area contributed by atoms with Crippen LogP contribution in [0.5, 0.6) is 23.0 Å². The van der Waals surface area contributed by atoms with Gasteiger partial charge < -0.3 is 31.1 Å². The van der Waals surface area contributed by atoms with Crippen molar-refractivity contribution in [3.05, 3.63) is 104 Å².